The highest BCUT2D eigenvalue weighted by Crippen LogP contribution is 2.15. The Kier molecular flexibility index (Phi) is 5.17. The van der Waals surface area contributed by atoms with Gasteiger partial charge in [-0.25, -0.2) is 0 Å². The lowest BCUT2D eigenvalue weighted by Crippen LogP contribution is -2.21. The summed E-state index contributed by atoms with van der Waals surface area (Å²) in [5, 5.41) is 6.25. The number of rotatable bonds is 6. The number of hydrogen-bond acceptors (Lipinski definition) is 3. The number of carbonyl (C=O) groups excluding carboxylic acids is 1. The van der Waals surface area contributed by atoms with Gasteiger partial charge in [-0.05, 0) is 23.8 Å². The molecule has 0 aliphatic heterocycles. The molecule has 2 aromatic rings. The van der Waals surface area contributed by atoms with Crippen LogP contribution in [0.3, 0.4) is 0 Å². The lowest BCUT2D eigenvalue weighted by Gasteiger charge is -2.09. The summed E-state index contributed by atoms with van der Waals surface area (Å²) in [6.07, 6.45) is 2.25. The molecule has 4 nitrogen and oxygen atoms in total. The van der Waals surface area contributed by atoms with Crippen LogP contribution in [0, 0.1) is 0 Å². The van der Waals surface area contributed by atoms with Crippen molar-refractivity contribution in [3.05, 3.63) is 53.5 Å². The van der Waals surface area contributed by atoms with Crippen molar-refractivity contribution >= 4 is 11.6 Å². The highest BCUT2D eigenvalue weighted by molar-refractivity contribution is 6.04. The van der Waals surface area contributed by atoms with Crippen molar-refractivity contribution in [1.29, 1.82) is 0 Å². The molecule has 0 saturated carbocycles. The smallest absolute Gasteiger partial charge is 0.259 e. The van der Waals surface area contributed by atoms with E-state index in [0.29, 0.717) is 23.8 Å². The Hall–Kier alpha value is -2.07. The van der Waals surface area contributed by atoms with Crippen LogP contribution >= 0.6 is 0 Å². The summed E-state index contributed by atoms with van der Waals surface area (Å²) in [5.74, 6) is 0.582. The molecule has 0 aliphatic carbocycles. The fourth-order valence-electron chi connectivity index (χ4n) is 2.04. The van der Waals surface area contributed by atoms with Crippen LogP contribution in [0.1, 0.15) is 42.5 Å². The monoisotopic (exact) mass is 286 g/mol. The van der Waals surface area contributed by atoms with E-state index >= 15 is 0 Å². The number of amides is 1. The molecule has 1 aromatic heterocycles. The first-order chi connectivity index (χ1) is 10.1. The zero-order chi connectivity index (χ0) is 15.2. The largest absolute Gasteiger partial charge is 0.469 e. The molecule has 0 aliphatic rings. The molecule has 0 bridgehead atoms. The quantitative estimate of drug-likeness (QED) is 0.853. The van der Waals surface area contributed by atoms with Crippen LogP contribution in [0.15, 0.2) is 41.0 Å². The lowest BCUT2D eigenvalue weighted by atomic mass is 10.1. The zero-order valence-electron chi connectivity index (χ0n) is 12.8. The average molecular weight is 286 g/mol. The summed E-state index contributed by atoms with van der Waals surface area (Å²) >= 11 is 0. The minimum absolute atomic E-state index is 0.131. The molecular weight excluding hydrogens is 264 g/mol. The number of hydrogen-bond donors (Lipinski definition) is 2. The maximum Gasteiger partial charge on any atom is 0.259 e. The van der Waals surface area contributed by atoms with Gasteiger partial charge in [-0.3, -0.25) is 4.79 Å². The first kappa shape index (κ1) is 15.3. The van der Waals surface area contributed by atoms with E-state index in [4.69, 9.17) is 4.42 Å². The van der Waals surface area contributed by atoms with E-state index in [1.165, 1.54) is 5.56 Å². The van der Waals surface area contributed by atoms with Gasteiger partial charge < -0.3 is 15.1 Å². The number of carbonyl (C=O) groups is 1. The molecule has 1 aromatic carbocycles. The maximum absolute atomic E-state index is 12.2. The van der Waals surface area contributed by atoms with E-state index in [1.807, 2.05) is 31.2 Å². The standard InChI is InChI=1S/C17H22N2O2/c1-4-16-15(9-10-21-16)17(20)19-14-7-5-13(6-8-14)11-18-12(2)3/h5-10,12,18H,4,11H2,1-3H3,(H,19,20). The van der Waals surface area contributed by atoms with Crippen LogP contribution < -0.4 is 10.6 Å². The molecule has 112 valence electrons. The highest BCUT2D eigenvalue weighted by atomic mass is 16.3. The van der Waals surface area contributed by atoms with E-state index in [9.17, 15) is 4.79 Å². The second-order valence-corrected chi connectivity index (χ2v) is 5.30. The first-order valence-electron chi connectivity index (χ1n) is 7.30. The molecule has 0 unspecified atom stereocenters. The Morgan fingerprint density at radius 3 is 2.52 bits per heavy atom. The van der Waals surface area contributed by atoms with Crippen LogP contribution in [0.25, 0.3) is 0 Å². The number of anilines is 1. The fourth-order valence-corrected chi connectivity index (χ4v) is 2.04. The predicted octanol–water partition coefficient (Wildman–Crippen LogP) is 3.59. The summed E-state index contributed by atoms with van der Waals surface area (Å²) in [4.78, 5) is 12.2. The summed E-state index contributed by atoms with van der Waals surface area (Å²) in [5.41, 5.74) is 2.58. The molecule has 21 heavy (non-hydrogen) atoms. The normalized spacial score (nSPS) is 10.9. The van der Waals surface area contributed by atoms with Crippen LogP contribution in [0.2, 0.25) is 0 Å². The number of nitrogens with one attached hydrogen (secondary N) is 2. The summed E-state index contributed by atoms with van der Waals surface area (Å²) < 4.78 is 5.28. The van der Waals surface area contributed by atoms with Gasteiger partial charge in [0.1, 0.15) is 5.76 Å². The van der Waals surface area contributed by atoms with Gasteiger partial charge in [0.25, 0.3) is 5.91 Å². The molecule has 2 rings (SSSR count). The van der Waals surface area contributed by atoms with Crippen LogP contribution in [-0.4, -0.2) is 11.9 Å². The van der Waals surface area contributed by atoms with Gasteiger partial charge in [0.05, 0.1) is 11.8 Å². The molecule has 0 saturated heterocycles. The second-order valence-electron chi connectivity index (χ2n) is 5.30. The third kappa shape index (κ3) is 4.20. The van der Waals surface area contributed by atoms with Crippen molar-refractivity contribution < 1.29 is 9.21 Å². The average Bonchev–Trinajstić information content (AvgIpc) is 2.95. The Bertz CT molecular complexity index is 585. The van der Waals surface area contributed by atoms with E-state index < -0.39 is 0 Å². The lowest BCUT2D eigenvalue weighted by molar-refractivity contribution is 0.102. The molecule has 1 heterocycles. The molecule has 0 spiro atoms. The van der Waals surface area contributed by atoms with Gasteiger partial charge in [-0.2, -0.15) is 0 Å². The summed E-state index contributed by atoms with van der Waals surface area (Å²) in [7, 11) is 0. The number of benzene rings is 1. The molecular formula is C17H22N2O2. The van der Waals surface area contributed by atoms with Gasteiger partial charge in [0.15, 0.2) is 0 Å². The Balaban J connectivity index is 1.98. The van der Waals surface area contributed by atoms with Crippen molar-refractivity contribution in [1.82, 2.24) is 5.32 Å². The van der Waals surface area contributed by atoms with Gasteiger partial charge in [0.2, 0.25) is 0 Å². The third-order valence-electron chi connectivity index (χ3n) is 3.24. The van der Waals surface area contributed by atoms with Crippen molar-refractivity contribution in [3.63, 3.8) is 0 Å². The van der Waals surface area contributed by atoms with Crippen LogP contribution in [-0.2, 0) is 13.0 Å². The summed E-state index contributed by atoms with van der Waals surface area (Å²) in [6.45, 7) is 7.02. The van der Waals surface area contributed by atoms with Crippen LogP contribution in [0.5, 0.6) is 0 Å². The second kappa shape index (κ2) is 7.09. The Labute approximate surface area is 125 Å². The van der Waals surface area contributed by atoms with Crippen molar-refractivity contribution in [2.45, 2.75) is 39.8 Å². The third-order valence-corrected chi connectivity index (χ3v) is 3.24. The van der Waals surface area contributed by atoms with E-state index in [-0.39, 0.29) is 5.91 Å². The zero-order valence-corrected chi connectivity index (χ0v) is 12.8. The van der Waals surface area contributed by atoms with Crippen molar-refractivity contribution in [3.8, 4) is 0 Å². The number of furan rings is 1. The van der Waals surface area contributed by atoms with Gasteiger partial charge in [-0.1, -0.05) is 32.9 Å². The molecule has 1 amide bonds. The van der Waals surface area contributed by atoms with Crippen molar-refractivity contribution in [2.24, 2.45) is 0 Å². The van der Waals surface area contributed by atoms with E-state index in [1.54, 1.807) is 12.3 Å². The van der Waals surface area contributed by atoms with Gasteiger partial charge >= 0.3 is 0 Å². The SMILES string of the molecule is CCc1occc1C(=O)Nc1ccc(CNC(C)C)cc1. The maximum atomic E-state index is 12.2. The van der Waals surface area contributed by atoms with Crippen LogP contribution in [0.4, 0.5) is 5.69 Å². The Morgan fingerprint density at radius 1 is 1.19 bits per heavy atom. The minimum Gasteiger partial charge on any atom is -0.469 e. The van der Waals surface area contributed by atoms with E-state index in [0.717, 1.165) is 12.2 Å². The Morgan fingerprint density at radius 2 is 1.90 bits per heavy atom. The van der Waals surface area contributed by atoms with Crippen molar-refractivity contribution in [2.75, 3.05) is 5.32 Å². The molecule has 2 N–H and O–H groups in total. The van der Waals surface area contributed by atoms with Gasteiger partial charge in [0, 0.05) is 24.7 Å². The topological polar surface area (TPSA) is 54.3 Å². The van der Waals surface area contributed by atoms with Gasteiger partial charge in [-0.15, -0.1) is 0 Å². The van der Waals surface area contributed by atoms with E-state index in [2.05, 4.69) is 24.5 Å². The molecule has 4 heteroatoms. The summed E-state index contributed by atoms with van der Waals surface area (Å²) in [6, 6.07) is 10.0. The first-order valence-corrected chi connectivity index (χ1v) is 7.30. The molecule has 0 fully saturated rings. The fraction of sp³-hybridized carbons (Fsp3) is 0.353. The highest BCUT2D eigenvalue weighted by Gasteiger charge is 2.13. The minimum atomic E-state index is -0.131. The number of aryl methyl sites for hydroxylation is 1. The molecule has 0 radical (unpaired) electrons. The molecule has 0 atom stereocenters. The predicted molar refractivity (Wildman–Crippen MR) is 84.5 cm³/mol.